The molecule has 2 amide bonds. The summed E-state index contributed by atoms with van der Waals surface area (Å²) in [4.78, 5) is 31.3. The maximum absolute atomic E-state index is 13.0. The highest BCUT2D eigenvalue weighted by atomic mass is 127. The van der Waals surface area contributed by atoms with Crippen molar-refractivity contribution < 1.29 is 19.1 Å². The van der Waals surface area contributed by atoms with E-state index in [1.807, 2.05) is 65.1 Å². The number of anilines is 1. The fourth-order valence-corrected chi connectivity index (χ4v) is 5.16. The van der Waals surface area contributed by atoms with Gasteiger partial charge in [-0.1, -0.05) is 46.9 Å². The molecule has 1 fully saturated rings. The first kappa shape index (κ1) is 24.4. The lowest BCUT2D eigenvalue weighted by Gasteiger charge is -2.23. The Labute approximate surface area is 221 Å². The molecule has 0 radical (unpaired) electrons. The number of fused-ring (bicyclic) bond motifs is 2. The van der Waals surface area contributed by atoms with Crippen LogP contribution in [-0.4, -0.2) is 38.5 Å². The Morgan fingerprint density at radius 1 is 1.14 bits per heavy atom. The molecule has 0 spiro atoms. The van der Waals surface area contributed by atoms with Crippen molar-refractivity contribution in [3.8, 4) is 22.5 Å². The summed E-state index contributed by atoms with van der Waals surface area (Å²) in [5, 5.41) is 11.3. The summed E-state index contributed by atoms with van der Waals surface area (Å²) >= 11 is 1.85. The van der Waals surface area contributed by atoms with Gasteiger partial charge >= 0.3 is 0 Å². The second-order valence-electron chi connectivity index (χ2n) is 8.77. The molecule has 2 aliphatic heterocycles. The lowest BCUT2D eigenvalue weighted by molar-refractivity contribution is -0.136. The minimum Gasteiger partial charge on any atom is -0.456 e. The van der Waals surface area contributed by atoms with E-state index in [-0.39, 0.29) is 18.4 Å². The van der Waals surface area contributed by atoms with E-state index in [4.69, 9.17) is 15.9 Å². The number of rotatable bonds is 4. The zero-order valence-corrected chi connectivity index (χ0v) is 21.5. The largest absolute Gasteiger partial charge is 0.456 e. The molecule has 2 heterocycles. The molecule has 9 heteroatoms. The molecule has 2 aromatic rings. The van der Waals surface area contributed by atoms with Crippen molar-refractivity contribution in [2.45, 2.75) is 29.5 Å². The van der Waals surface area contributed by atoms with Crippen LogP contribution in [0.5, 0.6) is 0 Å². The third kappa shape index (κ3) is 4.49. The molecule has 2 atom stereocenters. The number of carbonyl (C=O) groups is 2. The molecule has 1 unspecified atom stereocenters. The highest BCUT2D eigenvalue weighted by Crippen LogP contribution is 2.41. The summed E-state index contributed by atoms with van der Waals surface area (Å²) in [6.45, 7) is 0.384. The predicted octanol–water partition coefficient (Wildman–Crippen LogP) is 3.42. The van der Waals surface area contributed by atoms with Crippen LogP contribution in [0.3, 0.4) is 0 Å². The average Bonchev–Trinajstić information content (AvgIpc) is 3.36. The first-order valence-corrected chi connectivity index (χ1v) is 12.9. The molecule has 0 bridgehead atoms. The van der Waals surface area contributed by atoms with Gasteiger partial charge in [-0.2, -0.15) is 0 Å². The van der Waals surface area contributed by atoms with Crippen molar-refractivity contribution in [2.75, 3.05) is 12.3 Å². The van der Waals surface area contributed by atoms with Crippen LogP contribution in [0.15, 0.2) is 70.1 Å². The normalized spacial score (nSPS) is 17.1. The maximum Gasteiger partial charge on any atom is 0.268 e. The van der Waals surface area contributed by atoms with E-state index in [1.54, 1.807) is 18.2 Å². The number of likely N-dealkylation sites (tertiary alicyclic amines) is 1. The zero-order valence-electron chi connectivity index (χ0n) is 19.4. The van der Waals surface area contributed by atoms with Gasteiger partial charge in [0, 0.05) is 40.9 Å². The highest BCUT2D eigenvalue weighted by molar-refractivity contribution is 14.1. The van der Waals surface area contributed by atoms with Gasteiger partial charge in [0.15, 0.2) is 0 Å². The number of benzene rings is 3. The van der Waals surface area contributed by atoms with Crippen LogP contribution in [0.4, 0.5) is 5.69 Å². The summed E-state index contributed by atoms with van der Waals surface area (Å²) < 4.78 is 5.51. The summed E-state index contributed by atoms with van der Waals surface area (Å²) in [5.74, 6) is -0.113. The number of nitrogen functional groups attached to an aromatic ring is 1. The fraction of sp³-hybridized carbons (Fsp3) is 0.222. The number of aliphatic hydroxyl groups excluding tert-OH is 1. The van der Waals surface area contributed by atoms with Crippen LogP contribution >= 0.6 is 22.6 Å². The van der Waals surface area contributed by atoms with Gasteiger partial charge in [0.05, 0.1) is 12.0 Å². The SMILES string of the molecule is Nc1ccc2c(-c3ccccc3CO)c3ccc(=NC(=O)[C@@H]4CCCN4C(=O)C(N)I)cc-3oc2c1. The molecule has 5 N–H and O–H groups in total. The lowest BCUT2D eigenvalue weighted by Crippen LogP contribution is -2.46. The van der Waals surface area contributed by atoms with Gasteiger partial charge in [0.1, 0.15) is 21.4 Å². The van der Waals surface area contributed by atoms with Crippen LogP contribution < -0.4 is 16.8 Å². The van der Waals surface area contributed by atoms with Gasteiger partial charge in [-0.25, -0.2) is 4.99 Å². The van der Waals surface area contributed by atoms with E-state index in [2.05, 4.69) is 4.99 Å². The smallest absolute Gasteiger partial charge is 0.268 e. The number of hydrogen-bond donors (Lipinski definition) is 3. The summed E-state index contributed by atoms with van der Waals surface area (Å²) in [7, 11) is 0. The summed E-state index contributed by atoms with van der Waals surface area (Å²) in [5.41, 5.74) is 16.3. The maximum atomic E-state index is 13.0. The van der Waals surface area contributed by atoms with Crippen molar-refractivity contribution in [1.82, 2.24) is 4.90 Å². The fourth-order valence-electron chi connectivity index (χ4n) is 4.80. The van der Waals surface area contributed by atoms with E-state index in [0.717, 1.165) is 34.1 Å². The Morgan fingerprint density at radius 3 is 2.72 bits per heavy atom. The van der Waals surface area contributed by atoms with Crippen molar-refractivity contribution in [3.63, 3.8) is 0 Å². The van der Waals surface area contributed by atoms with Gasteiger partial charge in [-0.05, 0) is 48.2 Å². The third-order valence-corrected chi connectivity index (χ3v) is 7.02. The van der Waals surface area contributed by atoms with E-state index in [9.17, 15) is 14.7 Å². The van der Waals surface area contributed by atoms with Crippen LogP contribution in [0.25, 0.3) is 33.4 Å². The van der Waals surface area contributed by atoms with Crippen molar-refractivity contribution >= 4 is 51.1 Å². The third-order valence-electron chi connectivity index (χ3n) is 6.48. The van der Waals surface area contributed by atoms with Gasteiger partial charge in [-0.3, -0.25) is 9.59 Å². The molecule has 2 aromatic carbocycles. The van der Waals surface area contributed by atoms with Gasteiger partial charge in [-0.15, -0.1) is 0 Å². The molecule has 184 valence electrons. The topological polar surface area (TPSA) is 135 Å². The number of nitrogens with zero attached hydrogens (tertiary/aromatic N) is 2. The van der Waals surface area contributed by atoms with Gasteiger partial charge < -0.3 is 25.9 Å². The molecular formula is C27H25IN4O4. The summed E-state index contributed by atoms with van der Waals surface area (Å²) in [6, 6.07) is 17.8. The Balaban J connectivity index is 1.65. The standard InChI is InChI=1S/C27H25IN4O4/c28-25(30)27(35)32-11-3-6-21(32)26(34)31-17-8-10-20-23(13-17)36-22-12-16(29)7-9-19(22)24(20)18-5-2-1-4-15(18)14-33/h1-2,4-5,7-10,12-13,21,25,33H,3,6,11,14,29-30H2/t21-,25?/m0/s1. The minimum atomic E-state index is -0.698. The number of alkyl halides is 1. The number of carbonyl (C=O) groups excluding carboxylic acids is 2. The molecule has 0 saturated carbocycles. The van der Waals surface area contributed by atoms with E-state index < -0.39 is 10.1 Å². The average molecular weight is 596 g/mol. The molecule has 1 saturated heterocycles. The predicted molar refractivity (Wildman–Crippen MR) is 146 cm³/mol. The van der Waals surface area contributed by atoms with Gasteiger partial charge in [0.25, 0.3) is 5.91 Å². The van der Waals surface area contributed by atoms with E-state index in [0.29, 0.717) is 35.4 Å². The van der Waals surface area contributed by atoms with Crippen molar-refractivity contribution in [3.05, 3.63) is 71.6 Å². The molecule has 1 aliphatic carbocycles. The Morgan fingerprint density at radius 2 is 1.94 bits per heavy atom. The molecule has 0 aromatic heterocycles. The Kier molecular flexibility index (Phi) is 6.78. The van der Waals surface area contributed by atoms with Crippen LogP contribution in [0.2, 0.25) is 0 Å². The van der Waals surface area contributed by atoms with Crippen LogP contribution in [0, 0.1) is 0 Å². The first-order valence-electron chi connectivity index (χ1n) is 11.6. The molecule has 8 nitrogen and oxygen atoms in total. The van der Waals surface area contributed by atoms with Crippen molar-refractivity contribution in [2.24, 2.45) is 10.7 Å². The number of aliphatic hydroxyl groups is 1. The highest BCUT2D eigenvalue weighted by Gasteiger charge is 2.35. The summed E-state index contributed by atoms with van der Waals surface area (Å²) in [6.07, 6.45) is 1.29. The number of halogens is 1. The van der Waals surface area contributed by atoms with Crippen LogP contribution in [0.1, 0.15) is 18.4 Å². The first-order chi connectivity index (χ1) is 17.4. The number of hydrogen-bond acceptors (Lipinski definition) is 6. The van der Waals surface area contributed by atoms with E-state index in [1.165, 1.54) is 4.90 Å². The van der Waals surface area contributed by atoms with Crippen molar-refractivity contribution in [1.29, 1.82) is 0 Å². The monoisotopic (exact) mass is 596 g/mol. The van der Waals surface area contributed by atoms with E-state index >= 15 is 0 Å². The van der Waals surface area contributed by atoms with Crippen LogP contribution in [-0.2, 0) is 16.2 Å². The number of amides is 2. The Hall–Kier alpha value is -3.28. The Bertz CT molecular complexity index is 1510. The minimum absolute atomic E-state index is 0.112. The number of nitrogens with two attached hydrogens (primary N) is 2. The second-order valence-corrected chi connectivity index (χ2v) is 10.1. The molecule has 36 heavy (non-hydrogen) atoms. The lowest BCUT2D eigenvalue weighted by atomic mass is 9.91. The van der Waals surface area contributed by atoms with Gasteiger partial charge in [0.2, 0.25) is 5.91 Å². The molecule has 5 rings (SSSR count). The zero-order chi connectivity index (χ0) is 25.4. The molecular weight excluding hydrogens is 571 g/mol. The quantitative estimate of drug-likeness (QED) is 0.109. The molecule has 3 aliphatic rings. The second kappa shape index (κ2) is 10.00.